The second-order valence-corrected chi connectivity index (χ2v) is 9.82. The van der Waals surface area contributed by atoms with Gasteiger partial charge >= 0.3 is 0 Å². The van der Waals surface area contributed by atoms with Crippen LogP contribution in [0.5, 0.6) is 0 Å². The second-order valence-electron chi connectivity index (χ2n) is 9.39. The highest BCUT2D eigenvalue weighted by molar-refractivity contribution is 6.31. The van der Waals surface area contributed by atoms with E-state index in [1.165, 1.54) is 0 Å². The Balaban J connectivity index is 1.40. The zero-order chi connectivity index (χ0) is 25.4. The lowest BCUT2D eigenvalue weighted by atomic mass is 9.97. The van der Waals surface area contributed by atoms with E-state index >= 15 is 0 Å². The van der Waals surface area contributed by atoms with E-state index in [1.54, 1.807) is 13.4 Å². The topological polar surface area (TPSA) is 90.9 Å². The molecule has 1 fully saturated rings. The second kappa shape index (κ2) is 10.0. The van der Waals surface area contributed by atoms with Crippen LogP contribution in [0.25, 0.3) is 45.2 Å². The number of hydrogen-bond acceptors (Lipinski definition) is 7. The Morgan fingerprint density at radius 3 is 2.76 bits per heavy atom. The van der Waals surface area contributed by atoms with Crippen LogP contribution in [0.4, 0.5) is 0 Å². The van der Waals surface area contributed by atoms with Crippen molar-refractivity contribution in [1.29, 1.82) is 0 Å². The Labute approximate surface area is 219 Å². The maximum Gasteiger partial charge on any atom is 0.246 e. The number of aromatic nitrogens is 5. The van der Waals surface area contributed by atoms with Crippen LogP contribution in [0.2, 0.25) is 5.02 Å². The molecule has 1 aliphatic rings. The van der Waals surface area contributed by atoms with E-state index < -0.39 is 0 Å². The lowest BCUT2D eigenvalue weighted by Crippen LogP contribution is -2.18. The van der Waals surface area contributed by atoms with E-state index in [4.69, 9.17) is 30.7 Å². The first-order valence-electron chi connectivity index (χ1n) is 12.3. The lowest BCUT2D eigenvalue weighted by Gasteiger charge is -2.12. The van der Waals surface area contributed by atoms with Crippen molar-refractivity contribution < 1.29 is 9.15 Å². The summed E-state index contributed by atoms with van der Waals surface area (Å²) < 4.78 is 13.2. The Hall–Kier alpha value is -3.59. The minimum Gasteiger partial charge on any atom is -0.435 e. The summed E-state index contributed by atoms with van der Waals surface area (Å²) in [6, 6.07) is 16.1. The quantitative estimate of drug-likeness (QED) is 0.255. The third-order valence-electron chi connectivity index (χ3n) is 6.57. The van der Waals surface area contributed by atoms with Crippen molar-refractivity contribution >= 4 is 22.7 Å². The first-order valence-corrected chi connectivity index (χ1v) is 12.7. The fourth-order valence-electron chi connectivity index (χ4n) is 4.48. The molecule has 8 nitrogen and oxygen atoms in total. The van der Waals surface area contributed by atoms with Crippen LogP contribution in [-0.2, 0) is 18.3 Å². The average molecular weight is 515 g/mol. The highest BCUT2D eigenvalue weighted by Crippen LogP contribution is 2.43. The summed E-state index contributed by atoms with van der Waals surface area (Å²) in [6.07, 6.45) is 3.96. The summed E-state index contributed by atoms with van der Waals surface area (Å²) in [5.74, 6) is 1.72. The Morgan fingerprint density at radius 2 is 1.97 bits per heavy atom. The van der Waals surface area contributed by atoms with Crippen LogP contribution in [-0.4, -0.2) is 45.0 Å². The first kappa shape index (κ1) is 23.8. The summed E-state index contributed by atoms with van der Waals surface area (Å²) in [5.41, 5.74) is 7.40. The molecule has 1 N–H and O–H groups in total. The van der Waals surface area contributed by atoms with Gasteiger partial charge in [-0.25, -0.2) is 9.97 Å². The van der Waals surface area contributed by atoms with Gasteiger partial charge < -0.3 is 19.0 Å². The number of benzene rings is 2. The molecule has 188 valence electrons. The molecule has 0 spiro atoms. The molecule has 0 unspecified atom stereocenters. The molecule has 0 radical (unpaired) electrons. The number of rotatable bonds is 9. The summed E-state index contributed by atoms with van der Waals surface area (Å²) in [7, 11) is 3.62. The number of aryl methyl sites for hydroxylation is 1. The van der Waals surface area contributed by atoms with Crippen LogP contribution in [0.1, 0.15) is 30.0 Å². The van der Waals surface area contributed by atoms with E-state index in [-0.39, 0.29) is 0 Å². The van der Waals surface area contributed by atoms with Gasteiger partial charge in [0.1, 0.15) is 17.5 Å². The maximum absolute atomic E-state index is 6.39. The molecule has 0 aliphatic heterocycles. The summed E-state index contributed by atoms with van der Waals surface area (Å²) in [4.78, 5) is 9.78. The third kappa shape index (κ3) is 5.00. The molecule has 3 heterocycles. The summed E-state index contributed by atoms with van der Waals surface area (Å²) in [5, 5.41) is 12.4. The van der Waals surface area contributed by atoms with Gasteiger partial charge in [0.05, 0.1) is 6.61 Å². The number of nitrogens with one attached hydrogen (secondary N) is 1. The van der Waals surface area contributed by atoms with Crippen molar-refractivity contribution in [1.82, 2.24) is 30.0 Å². The van der Waals surface area contributed by atoms with Crippen LogP contribution in [0, 0.1) is 0 Å². The van der Waals surface area contributed by atoms with E-state index in [0.29, 0.717) is 29.1 Å². The molecule has 9 heteroatoms. The number of fused-ring (bicyclic) bond motifs is 1. The van der Waals surface area contributed by atoms with Gasteiger partial charge in [-0.3, -0.25) is 0 Å². The van der Waals surface area contributed by atoms with Crippen LogP contribution in [0.3, 0.4) is 0 Å². The van der Waals surface area contributed by atoms with Crippen molar-refractivity contribution in [2.45, 2.75) is 25.3 Å². The molecule has 2 aromatic carbocycles. The fraction of sp³-hybridized carbons (Fsp3) is 0.286. The van der Waals surface area contributed by atoms with E-state index in [9.17, 15) is 0 Å². The highest BCUT2D eigenvalue weighted by atomic mass is 35.5. The van der Waals surface area contributed by atoms with Crippen molar-refractivity contribution in [3.05, 3.63) is 71.1 Å². The molecule has 0 bridgehead atoms. The van der Waals surface area contributed by atoms with Crippen LogP contribution in [0.15, 0.2) is 59.3 Å². The third-order valence-corrected chi connectivity index (χ3v) is 6.80. The first-order chi connectivity index (χ1) is 18.1. The van der Waals surface area contributed by atoms with Crippen molar-refractivity contribution in [2.24, 2.45) is 7.05 Å². The monoisotopic (exact) mass is 514 g/mol. The lowest BCUT2D eigenvalue weighted by molar-refractivity contribution is 0.199. The molecule has 5 aromatic rings. The van der Waals surface area contributed by atoms with Crippen molar-refractivity contribution in [3.8, 4) is 34.1 Å². The molecule has 6 rings (SSSR count). The van der Waals surface area contributed by atoms with E-state index in [1.807, 2.05) is 41.9 Å². The molecular weight excluding hydrogens is 488 g/mol. The molecule has 1 saturated carbocycles. The number of hydrogen-bond donors (Lipinski definition) is 1. The highest BCUT2D eigenvalue weighted by Gasteiger charge is 2.27. The minimum atomic E-state index is 0.457. The van der Waals surface area contributed by atoms with Gasteiger partial charge in [-0.05, 0) is 65.9 Å². The zero-order valence-electron chi connectivity index (χ0n) is 20.7. The van der Waals surface area contributed by atoms with Gasteiger partial charge in [0.2, 0.25) is 5.89 Å². The number of nitrogens with zero attached hydrogens (tertiary/aromatic N) is 5. The van der Waals surface area contributed by atoms with Crippen LogP contribution >= 0.6 is 11.6 Å². The fourth-order valence-corrected chi connectivity index (χ4v) is 4.66. The SMILES string of the molecule is COCCNCc1ccc2oc(-c3cc(-c4ccc(Cl)cc4-c4nncn4C)cc(C4CC4)n3)nc2c1. The summed E-state index contributed by atoms with van der Waals surface area (Å²) in [6.45, 7) is 2.20. The molecule has 3 aromatic heterocycles. The van der Waals surface area contributed by atoms with Gasteiger partial charge in [0.15, 0.2) is 11.4 Å². The minimum absolute atomic E-state index is 0.457. The van der Waals surface area contributed by atoms with E-state index in [0.717, 1.165) is 70.8 Å². The molecular formula is C28H27ClN6O2. The predicted molar refractivity (Wildman–Crippen MR) is 143 cm³/mol. The van der Waals surface area contributed by atoms with Crippen LogP contribution < -0.4 is 5.32 Å². The van der Waals surface area contributed by atoms with Gasteiger partial charge in [0.25, 0.3) is 0 Å². The van der Waals surface area contributed by atoms with Gasteiger partial charge in [-0.15, -0.1) is 10.2 Å². The van der Waals surface area contributed by atoms with Gasteiger partial charge in [0, 0.05) is 49.4 Å². The normalized spacial score (nSPS) is 13.5. The van der Waals surface area contributed by atoms with Gasteiger partial charge in [-0.2, -0.15) is 0 Å². The molecule has 37 heavy (non-hydrogen) atoms. The van der Waals surface area contributed by atoms with Crippen molar-refractivity contribution in [2.75, 3.05) is 20.3 Å². The Morgan fingerprint density at radius 1 is 1.08 bits per heavy atom. The van der Waals surface area contributed by atoms with Gasteiger partial charge in [-0.1, -0.05) is 23.7 Å². The standard InChI is InChI=1S/C28H27ClN6O2/c1-35-16-31-34-27(35)22-14-20(29)6-7-21(22)19-12-23(18-4-5-18)32-25(13-19)28-33-24-11-17(3-8-26(24)37-28)15-30-9-10-36-2/h3,6-8,11-14,16,18,30H,4-5,9-10,15H2,1-2H3. The molecule has 1 aliphatic carbocycles. The predicted octanol–water partition coefficient (Wildman–Crippen LogP) is 5.62. The zero-order valence-corrected chi connectivity index (χ0v) is 21.5. The summed E-state index contributed by atoms with van der Waals surface area (Å²) >= 11 is 6.39. The number of methoxy groups -OCH3 is 1. The molecule has 0 amide bonds. The number of oxazole rings is 1. The average Bonchev–Trinajstić information content (AvgIpc) is 3.54. The Kier molecular flexibility index (Phi) is 6.46. The largest absolute Gasteiger partial charge is 0.435 e. The Bertz CT molecular complexity index is 1570. The van der Waals surface area contributed by atoms with Crippen molar-refractivity contribution in [3.63, 3.8) is 0 Å². The number of ether oxygens (including phenoxy) is 1. The smallest absolute Gasteiger partial charge is 0.246 e. The number of halogens is 1. The maximum atomic E-state index is 6.39. The molecule has 0 saturated heterocycles. The molecule has 0 atom stereocenters. The van der Waals surface area contributed by atoms with E-state index in [2.05, 4.69) is 33.7 Å². The number of pyridine rings is 1.